The zero-order chi connectivity index (χ0) is 12.5. The molecule has 0 radical (unpaired) electrons. The van der Waals surface area contributed by atoms with E-state index in [1.165, 1.54) is 0 Å². The molecule has 1 saturated carbocycles. The van der Waals surface area contributed by atoms with Crippen molar-refractivity contribution in [1.29, 1.82) is 0 Å². The second-order valence-corrected chi connectivity index (χ2v) is 4.49. The molecule has 5 heteroatoms. The van der Waals surface area contributed by atoms with E-state index in [-0.39, 0.29) is 5.91 Å². The van der Waals surface area contributed by atoms with Gasteiger partial charge in [-0.25, -0.2) is 0 Å². The van der Waals surface area contributed by atoms with Crippen molar-refractivity contribution in [2.45, 2.75) is 51.5 Å². The number of nitrogens with zero attached hydrogens (tertiary/aromatic N) is 1. The minimum absolute atomic E-state index is 0.139. The minimum atomic E-state index is 0.139. The first-order valence-electron chi connectivity index (χ1n) is 6.55. The van der Waals surface area contributed by atoms with Gasteiger partial charge in [-0.2, -0.15) is 0 Å². The van der Waals surface area contributed by atoms with Gasteiger partial charge in [0.05, 0.1) is 0 Å². The highest BCUT2D eigenvalue weighted by molar-refractivity contribution is 5.78. The maximum Gasteiger partial charge on any atom is 0.220 e. The second-order valence-electron chi connectivity index (χ2n) is 4.49. The number of hydrogen-bond donors (Lipinski definition) is 3. The molecule has 1 rings (SSSR count). The van der Waals surface area contributed by atoms with Crippen molar-refractivity contribution in [3.8, 4) is 0 Å². The fourth-order valence-corrected chi connectivity index (χ4v) is 1.42. The van der Waals surface area contributed by atoms with Crippen molar-refractivity contribution in [1.82, 2.24) is 10.6 Å². The van der Waals surface area contributed by atoms with Gasteiger partial charge in [-0.1, -0.05) is 13.3 Å². The number of amides is 1. The Kier molecular flexibility index (Phi) is 6.43. The topological polar surface area (TPSA) is 79.5 Å². The van der Waals surface area contributed by atoms with E-state index in [1.807, 2.05) is 0 Å². The van der Waals surface area contributed by atoms with Crippen LogP contribution in [-0.2, 0) is 4.79 Å². The number of unbranched alkanes of at least 4 members (excludes halogenated alkanes) is 1. The maximum absolute atomic E-state index is 11.3. The Labute approximate surface area is 103 Å². The third-order valence-electron chi connectivity index (χ3n) is 2.62. The van der Waals surface area contributed by atoms with Crippen molar-refractivity contribution in [3.63, 3.8) is 0 Å². The number of hydrogen-bond acceptors (Lipinski definition) is 2. The Morgan fingerprint density at radius 3 is 2.82 bits per heavy atom. The third-order valence-corrected chi connectivity index (χ3v) is 2.62. The van der Waals surface area contributed by atoms with Crippen LogP contribution in [0.3, 0.4) is 0 Å². The van der Waals surface area contributed by atoms with Gasteiger partial charge in [0, 0.05) is 25.6 Å². The summed E-state index contributed by atoms with van der Waals surface area (Å²) in [5, 5.41) is 5.99. The Morgan fingerprint density at radius 1 is 1.41 bits per heavy atom. The number of nitrogens with one attached hydrogen (secondary N) is 2. The van der Waals surface area contributed by atoms with Crippen molar-refractivity contribution < 1.29 is 4.79 Å². The fraction of sp³-hybridized carbons (Fsp3) is 0.833. The summed E-state index contributed by atoms with van der Waals surface area (Å²) >= 11 is 0. The third kappa shape index (κ3) is 7.60. The molecule has 0 aromatic rings. The largest absolute Gasteiger partial charge is 0.370 e. The monoisotopic (exact) mass is 240 g/mol. The average Bonchev–Trinajstić information content (AvgIpc) is 3.09. The van der Waals surface area contributed by atoms with E-state index in [1.54, 1.807) is 0 Å². The van der Waals surface area contributed by atoms with Crippen LogP contribution in [0, 0.1) is 0 Å². The molecule has 98 valence electrons. The molecule has 4 N–H and O–H groups in total. The van der Waals surface area contributed by atoms with E-state index < -0.39 is 0 Å². The number of guanidine groups is 1. The smallest absolute Gasteiger partial charge is 0.220 e. The quantitative estimate of drug-likeness (QED) is 0.333. The lowest BCUT2D eigenvalue weighted by Crippen LogP contribution is -2.32. The van der Waals surface area contributed by atoms with Crippen molar-refractivity contribution >= 4 is 11.9 Å². The van der Waals surface area contributed by atoms with E-state index in [4.69, 9.17) is 5.73 Å². The molecular weight excluding hydrogens is 216 g/mol. The summed E-state index contributed by atoms with van der Waals surface area (Å²) in [5.74, 6) is 0.626. The first-order chi connectivity index (χ1) is 8.22. The number of nitrogens with two attached hydrogens (primary N) is 1. The molecule has 0 aromatic carbocycles. The highest BCUT2D eigenvalue weighted by Crippen LogP contribution is 2.18. The van der Waals surface area contributed by atoms with Gasteiger partial charge < -0.3 is 16.4 Å². The molecule has 0 aliphatic heterocycles. The van der Waals surface area contributed by atoms with Crippen LogP contribution in [0.1, 0.15) is 45.4 Å². The molecular formula is C12H24N4O. The average molecular weight is 240 g/mol. The Morgan fingerprint density at radius 2 is 2.18 bits per heavy atom. The van der Waals surface area contributed by atoms with E-state index in [2.05, 4.69) is 22.5 Å². The van der Waals surface area contributed by atoms with Crippen molar-refractivity contribution in [2.24, 2.45) is 10.7 Å². The lowest BCUT2D eigenvalue weighted by Gasteiger charge is -2.04. The predicted octanol–water partition coefficient (Wildman–Crippen LogP) is 0.750. The van der Waals surface area contributed by atoms with Gasteiger partial charge in [0.15, 0.2) is 5.96 Å². The Hall–Kier alpha value is -1.26. The molecule has 1 fully saturated rings. The summed E-state index contributed by atoms with van der Waals surface area (Å²) in [6.07, 6.45) is 5.81. The maximum atomic E-state index is 11.3. The summed E-state index contributed by atoms with van der Waals surface area (Å²) in [7, 11) is 0. The first-order valence-corrected chi connectivity index (χ1v) is 6.55. The van der Waals surface area contributed by atoms with E-state index in [0.717, 1.165) is 38.6 Å². The summed E-state index contributed by atoms with van der Waals surface area (Å²) in [4.78, 5) is 15.5. The normalized spacial score (nSPS) is 15.7. The number of aliphatic imine (C=N–C) groups is 1. The number of rotatable bonds is 8. The number of carbonyl (C=O) groups is 1. The van der Waals surface area contributed by atoms with Crippen LogP contribution in [-0.4, -0.2) is 31.0 Å². The van der Waals surface area contributed by atoms with Gasteiger partial charge in [-0.15, -0.1) is 0 Å². The van der Waals surface area contributed by atoms with Crippen LogP contribution in [0.2, 0.25) is 0 Å². The fourth-order valence-electron chi connectivity index (χ4n) is 1.42. The van der Waals surface area contributed by atoms with Crippen LogP contribution < -0.4 is 16.4 Å². The number of carbonyl (C=O) groups excluding carboxylic acids is 1. The SMILES string of the molecule is CCCCNC(N)=NCCCC(=O)NC1CC1. The zero-order valence-corrected chi connectivity index (χ0v) is 10.7. The molecule has 5 nitrogen and oxygen atoms in total. The predicted molar refractivity (Wildman–Crippen MR) is 69.8 cm³/mol. The first kappa shape index (κ1) is 13.8. The molecule has 1 aliphatic carbocycles. The van der Waals surface area contributed by atoms with Gasteiger partial charge in [0.25, 0.3) is 0 Å². The van der Waals surface area contributed by atoms with Gasteiger partial charge in [0.2, 0.25) is 5.91 Å². The van der Waals surface area contributed by atoms with Crippen LogP contribution in [0.5, 0.6) is 0 Å². The van der Waals surface area contributed by atoms with Gasteiger partial charge in [0.1, 0.15) is 0 Å². The molecule has 0 saturated heterocycles. The van der Waals surface area contributed by atoms with Crippen molar-refractivity contribution in [2.75, 3.05) is 13.1 Å². The Bertz CT molecular complexity index is 261. The molecule has 1 amide bonds. The summed E-state index contributed by atoms with van der Waals surface area (Å²) in [6, 6.07) is 0.451. The highest BCUT2D eigenvalue weighted by Gasteiger charge is 2.22. The molecule has 0 atom stereocenters. The summed E-state index contributed by atoms with van der Waals surface area (Å²) in [5.41, 5.74) is 5.66. The molecule has 0 heterocycles. The van der Waals surface area contributed by atoms with Crippen LogP contribution in [0.4, 0.5) is 0 Å². The lowest BCUT2D eigenvalue weighted by atomic mass is 10.3. The van der Waals surface area contributed by atoms with Gasteiger partial charge in [-0.05, 0) is 25.7 Å². The molecule has 0 spiro atoms. The van der Waals surface area contributed by atoms with Crippen LogP contribution >= 0.6 is 0 Å². The minimum Gasteiger partial charge on any atom is -0.370 e. The van der Waals surface area contributed by atoms with Gasteiger partial charge >= 0.3 is 0 Å². The van der Waals surface area contributed by atoms with E-state index in [0.29, 0.717) is 25.0 Å². The standard InChI is InChI=1S/C12H24N4O/c1-2-3-8-14-12(13)15-9-4-5-11(17)16-10-6-7-10/h10H,2-9H2,1H3,(H,16,17)(H3,13,14,15). The van der Waals surface area contributed by atoms with Gasteiger partial charge in [-0.3, -0.25) is 9.79 Å². The van der Waals surface area contributed by atoms with E-state index >= 15 is 0 Å². The lowest BCUT2D eigenvalue weighted by molar-refractivity contribution is -0.121. The van der Waals surface area contributed by atoms with E-state index in [9.17, 15) is 4.79 Å². The molecule has 0 aromatic heterocycles. The van der Waals surface area contributed by atoms with Crippen LogP contribution in [0.25, 0.3) is 0 Å². The molecule has 1 aliphatic rings. The summed E-state index contributed by atoms with van der Waals surface area (Å²) in [6.45, 7) is 3.62. The molecule has 0 bridgehead atoms. The highest BCUT2D eigenvalue weighted by atomic mass is 16.1. The van der Waals surface area contributed by atoms with Crippen molar-refractivity contribution in [3.05, 3.63) is 0 Å². The summed E-state index contributed by atoms with van der Waals surface area (Å²) < 4.78 is 0. The molecule has 17 heavy (non-hydrogen) atoms. The Balaban J connectivity index is 1.97. The van der Waals surface area contributed by atoms with Crippen LogP contribution in [0.15, 0.2) is 4.99 Å². The zero-order valence-electron chi connectivity index (χ0n) is 10.7. The molecule has 0 unspecified atom stereocenters. The second kappa shape index (κ2) is 7.92.